The van der Waals surface area contributed by atoms with Crippen LogP contribution in [-0.4, -0.2) is 44.5 Å². The van der Waals surface area contributed by atoms with Crippen molar-refractivity contribution in [2.24, 2.45) is 0 Å². The Morgan fingerprint density at radius 3 is 2.39 bits per heavy atom. The molecule has 0 N–H and O–H groups in total. The molecule has 7 heteroatoms. The number of para-hydroxylation sites is 1. The predicted molar refractivity (Wildman–Crippen MR) is 118 cm³/mol. The summed E-state index contributed by atoms with van der Waals surface area (Å²) in [5.41, 5.74) is 4.18. The molecule has 0 saturated carbocycles. The number of amides is 1. The maximum Gasteiger partial charge on any atom is 0.264 e. The molecule has 7 nitrogen and oxygen atoms in total. The number of ether oxygens (including phenoxy) is 1. The van der Waals surface area contributed by atoms with E-state index in [1.54, 1.807) is 36.5 Å². The zero-order chi connectivity index (χ0) is 22.1. The van der Waals surface area contributed by atoms with Crippen LogP contribution in [0.3, 0.4) is 0 Å². The number of rotatable bonds is 5. The highest BCUT2D eigenvalue weighted by Gasteiger charge is 2.35. The highest BCUT2D eigenvalue weighted by atomic mass is 16.5. The first-order valence-electron chi connectivity index (χ1n) is 10.3. The lowest BCUT2D eigenvalue weighted by Crippen LogP contribution is -2.57. The molecule has 160 valence electrons. The largest absolute Gasteiger partial charge is 0.486 e. The van der Waals surface area contributed by atoms with Crippen molar-refractivity contribution < 1.29 is 9.53 Å². The summed E-state index contributed by atoms with van der Waals surface area (Å²) in [5, 5.41) is 0. The second-order valence-corrected chi connectivity index (χ2v) is 8.13. The van der Waals surface area contributed by atoms with Crippen LogP contribution in [0.1, 0.15) is 38.4 Å². The molecule has 3 aromatic rings. The molecule has 1 aliphatic rings. The van der Waals surface area contributed by atoms with Crippen molar-refractivity contribution in [1.82, 2.24) is 19.4 Å². The first kappa shape index (κ1) is 20.8. The van der Waals surface area contributed by atoms with E-state index in [1.807, 2.05) is 39.0 Å². The molecule has 0 unspecified atom stereocenters. The Morgan fingerprint density at radius 2 is 1.74 bits per heavy atom. The van der Waals surface area contributed by atoms with Gasteiger partial charge in [-0.15, -0.1) is 0 Å². The van der Waals surface area contributed by atoms with Crippen LogP contribution in [0.25, 0.3) is 0 Å². The van der Waals surface area contributed by atoms with E-state index in [2.05, 4.69) is 9.97 Å². The molecular weight excluding hydrogens is 392 g/mol. The molecule has 0 bridgehead atoms. The average Bonchev–Trinajstić information content (AvgIpc) is 2.70. The summed E-state index contributed by atoms with van der Waals surface area (Å²) in [6.07, 6.45) is 4.93. The van der Waals surface area contributed by atoms with Crippen molar-refractivity contribution in [2.75, 3.05) is 13.1 Å². The zero-order valence-electron chi connectivity index (χ0n) is 18.3. The fourth-order valence-electron chi connectivity index (χ4n) is 3.71. The van der Waals surface area contributed by atoms with Crippen molar-refractivity contribution >= 4 is 5.91 Å². The smallest absolute Gasteiger partial charge is 0.264 e. The van der Waals surface area contributed by atoms with E-state index in [0.717, 1.165) is 22.6 Å². The Labute approximate surface area is 181 Å². The van der Waals surface area contributed by atoms with Gasteiger partial charge in [0.1, 0.15) is 17.4 Å². The number of aryl methyl sites for hydroxylation is 4. The van der Waals surface area contributed by atoms with Gasteiger partial charge in [-0.25, -0.2) is 0 Å². The summed E-state index contributed by atoms with van der Waals surface area (Å²) in [5.74, 6) is 0.616. The van der Waals surface area contributed by atoms with E-state index in [0.29, 0.717) is 24.3 Å². The summed E-state index contributed by atoms with van der Waals surface area (Å²) in [6, 6.07) is 7.82. The van der Waals surface area contributed by atoms with Crippen LogP contribution in [-0.2, 0) is 6.54 Å². The van der Waals surface area contributed by atoms with Gasteiger partial charge in [0.15, 0.2) is 0 Å². The van der Waals surface area contributed by atoms with Crippen molar-refractivity contribution in [3.63, 3.8) is 0 Å². The molecule has 0 atom stereocenters. The van der Waals surface area contributed by atoms with Crippen molar-refractivity contribution in [3.8, 4) is 5.75 Å². The van der Waals surface area contributed by atoms with Gasteiger partial charge in [0.25, 0.3) is 11.5 Å². The van der Waals surface area contributed by atoms with E-state index in [1.165, 1.54) is 4.57 Å². The van der Waals surface area contributed by atoms with Gasteiger partial charge < -0.3 is 14.2 Å². The minimum Gasteiger partial charge on any atom is -0.486 e. The number of benzene rings is 1. The lowest BCUT2D eigenvalue weighted by molar-refractivity contribution is 0.0170. The minimum absolute atomic E-state index is 0.0715. The molecule has 4 rings (SSSR count). The Bertz CT molecular complexity index is 1160. The SMILES string of the molecule is Cc1cnc(Cn2ccc(C)c(C(=O)N3CC(Oc4c(C)cccc4C)C3)c2=O)cn1. The van der Waals surface area contributed by atoms with Crippen LogP contribution in [0.2, 0.25) is 0 Å². The Morgan fingerprint density at radius 1 is 1.03 bits per heavy atom. The van der Waals surface area contributed by atoms with Gasteiger partial charge in [-0.1, -0.05) is 18.2 Å². The maximum atomic E-state index is 13.1. The number of carbonyl (C=O) groups excluding carboxylic acids is 1. The summed E-state index contributed by atoms with van der Waals surface area (Å²) in [6.45, 7) is 8.86. The first-order valence-corrected chi connectivity index (χ1v) is 10.3. The molecule has 0 radical (unpaired) electrons. The van der Waals surface area contributed by atoms with Gasteiger partial charge in [-0.3, -0.25) is 19.6 Å². The Balaban J connectivity index is 1.48. The maximum absolute atomic E-state index is 13.1. The molecule has 3 heterocycles. The third-order valence-electron chi connectivity index (χ3n) is 5.58. The van der Waals surface area contributed by atoms with Crippen LogP contribution in [0.4, 0.5) is 0 Å². The number of pyridine rings is 1. The standard InChI is InChI=1S/C24H26N4O3/c1-15-8-9-27(12-19-11-25-18(4)10-26-19)23(29)21(15)24(30)28-13-20(14-28)31-22-16(2)6-5-7-17(22)3/h5-11,20H,12-14H2,1-4H3. The summed E-state index contributed by atoms with van der Waals surface area (Å²) in [4.78, 5) is 36.3. The number of carbonyl (C=O) groups is 1. The minimum atomic E-state index is -0.313. The molecule has 0 spiro atoms. The second kappa shape index (κ2) is 8.34. The summed E-state index contributed by atoms with van der Waals surface area (Å²) in [7, 11) is 0. The second-order valence-electron chi connectivity index (χ2n) is 8.13. The van der Waals surface area contributed by atoms with Crippen molar-refractivity contribution in [2.45, 2.75) is 40.3 Å². The Hall–Kier alpha value is -3.48. The fraction of sp³-hybridized carbons (Fsp3) is 0.333. The van der Waals surface area contributed by atoms with Crippen LogP contribution in [0.15, 0.2) is 47.7 Å². The first-order chi connectivity index (χ1) is 14.8. The highest BCUT2D eigenvalue weighted by Crippen LogP contribution is 2.26. The average molecular weight is 418 g/mol. The Kier molecular flexibility index (Phi) is 5.59. The molecule has 31 heavy (non-hydrogen) atoms. The number of nitrogens with zero attached hydrogens (tertiary/aromatic N) is 4. The predicted octanol–water partition coefficient (Wildman–Crippen LogP) is 2.82. The number of hydrogen-bond donors (Lipinski definition) is 0. The molecule has 1 amide bonds. The normalized spacial score (nSPS) is 13.7. The van der Waals surface area contributed by atoms with Gasteiger partial charge in [0.05, 0.1) is 37.2 Å². The third kappa shape index (κ3) is 4.21. The van der Waals surface area contributed by atoms with Crippen LogP contribution in [0, 0.1) is 27.7 Å². The number of aromatic nitrogens is 3. The van der Waals surface area contributed by atoms with E-state index < -0.39 is 0 Å². The van der Waals surface area contributed by atoms with Crippen LogP contribution in [0.5, 0.6) is 5.75 Å². The molecule has 1 aliphatic heterocycles. The summed E-state index contributed by atoms with van der Waals surface area (Å²) < 4.78 is 7.61. The topological polar surface area (TPSA) is 77.3 Å². The van der Waals surface area contributed by atoms with Crippen LogP contribution >= 0.6 is 0 Å². The quantitative estimate of drug-likeness (QED) is 0.637. The van der Waals surface area contributed by atoms with Gasteiger partial charge in [0.2, 0.25) is 0 Å². The van der Waals surface area contributed by atoms with E-state index in [4.69, 9.17) is 4.74 Å². The van der Waals surface area contributed by atoms with E-state index in [-0.39, 0.29) is 29.7 Å². The van der Waals surface area contributed by atoms with Gasteiger partial charge in [-0.05, 0) is 50.5 Å². The lowest BCUT2D eigenvalue weighted by Gasteiger charge is -2.39. The summed E-state index contributed by atoms with van der Waals surface area (Å²) >= 11 is 0. The molecule has 1 saturated heterocycles. The molecule has 1 fully saturated rings. The van der Waals surface area contributed by atoms with Gasteiger partial charge >= 0.3 is 0 Å². The van der Waals surface area contributed by atoms with Crippen LogP contribution < -0.4 is 10.3 Å². The van der Waals surface area contributed by atoms with Crippen molar-refractivity contribution in [1.29, 1.82) is 0 Å². The van der Waals surface area contributed by atoms with Gasteiger partial charge in [-0.2, -0.15) is 0 Å². The molecule has 0 aliphatic carbocycles. The molecular formula is C24H26N4O3. The highest BCUT2D eigenvalue weighted by molar-refractivity contribution is 5.95. The third-order valence-corrected chi connectivity index (χ3v) is 5.58. The van der Waals surface area contributed by atoms with E-state index >= 15 is 0 Å². The molecule has 2 aromatic heterocycles. The lowest BCUT2D eigenvalue weighted by atomic mass is 10.1. The van der Waals surface area contributed by atoms with Gasteiger partial charge in [0, 0.05) is 12.4 Å². The van der Waals surface area contributed by atoms with Crippen molar-refractivity contribution in [3.05, 3.63) is 86.9 Å². The fourth-order valence-corrected chi connectivity index (χ4v) is 3.71. The monoisotopic (exact) mass is 418 g/mol. The number of likely N-dealkylation sites (tertiary alicyclic amines) is 1. The van der Waals surface area contributed by atoms with E-state index in [9.17, 15) is 9.59 Å². The number of hydrogen-bond acceptors (Lipinski definition) is 5. The molecule has 1 aromatic carbocycles. The zero-order valence-corrected chi connectivity index (χ0v) is 18.3.